The number of nitrogens with one attached hydrogen (secondary N) is 2. The summed E-state index contributed by atoms with van der Waals surface area (Å²) < 4.78 is 58.5. The number of aliphatic hydroxyl groups excluding tert-OH is 1. The van der Waals surface area contributed by atoms with E-state index in [0.29, 0.717) is 18.6 Å². The molecule has 0 radical (unpaired) electrons. The van der Waals surface area contributed by atoms with Gasteiger partial charge >= 0.3 is 35.3 Å². The van der Waals surface area contributed by atoms with E-state index in [1.165, 1.54) is 27.8 Å². The molecule has 2 aromatic carbocycles. The predicted octanol–water partition coefficient (Wildman–Crippen LogP) is 4.50. The molecular weight excluding hydrogens is 968 g/mol. The Hall–Kier alpha value is -3.88. The highest BCUT2D eigenvalue weighted by Gasteiger charge is 2.43. The van der Waals surface area contributed by atoms with Crippen LogP contribution in [0.15, 0.2) is 59.5 Å². The van der Waals surface area contributed by atoms with Gasteiger partial charge in [0.1, 0.15) is 30.8 Å². The largest absolute Gasteiger partial charge is 0.490 e. The van der Waals surface area contributed by atoms with Crippen LogP contribution in [0.2, 0.25) is 0 Å². The van der Waals surface area contributed by atoms with E-state index >= 15 is 0 Å². The fraction of sp³-hybridized carbons (Fsp3) is 0.462. The SMILES string of the molecule is CCCCCCC(=O)C(CSSCCC(=O)NCC#Cc1cn(C2CC(O)C(COP(=O)(O)OP(=O)(O)OP(=O)(O)O)O2)c(=O)nc1N)NC(=O)OCC1c2ccccc2-c2ccccc21. The number of hydrogen-bond acceptors (Lipinski definition) is 17. The number of phosphoric ester groups is 1. The van der Waals surface area contributed by atoms with E-state index < -0.39 is 66.3 Å². The minimum atomic E-state index is -5.78. The summed E-state index contributed by atoms with van der Waals surface area (Å²) in [4.78, 5) is 91.6. The third kappa shape index (κ3) is 16.1. The van der Waals surface area contributed by atoms with E-state index in [0.717, 1.165) is 46.1 Å². The number of Topliss-reactive ketones (excluding diaryl/α,β-unsaturated/α-hetero) is 1. The molecule has 1 aliphatic heterocycles. The van der Waals surface area contributed by atoms with E-state index in [1.807, 2.05) is 48.5 Å². The van der Waals surface area contributed by atoms with Crippen molar-refractivity contribution >= 4 is 68.7 Å². The molecule has 6 unspecified atom stereocenters. The quantitative estimate of drug-likeness (QED) is 0.0265. The molecule has 3 aromatic rings. The smallest absolute Gasteiger partial charge is 0.449 e. The Kier molecular flexibility index (Phi) is 19.6. The molecule has 5 rings (SSSR count). The van der Waals surface area contributed by atoms with Crippen LogP contribution in [0.4, 0.5) is 10.6 Å². The number of ketones is 1. The van der Waals surface area contributed by atoms with Gasteiger partial charge in [-0.2, -0.15) is 13.6 Å². The number of fused-ring (bicyclic) bond motifs is 3. The van der Waals surface area contributed by atoms with Gasteiger partial charge in [-0.15, -0.1) is 0 Å². The predicted molar refractivity (Wildman–Crippen MR) is 242 cm³/mol. The Morgan fingerprint density at radius 1 is 0.955 bits per heavy atom. The molecule has 2 aliphatic rings. The summed E-state index contributed by atoms with van der Waals surface area (Å²) in [6.45, 7) is 1.12. The van der Waals surface area contributed by atoms with Gasteiger partial charge in [-0.1, -0.05) is 108 Å². The molecule has 0 bridgehead atoms. The number of nitrogen functional groups attached to an aromatic ring is 1. The molecule has 6 atom stereocenters. The van der Waals surface area contributed by atoms with Gasteiger partial charge in [-0.05, 0) is 28.7 Å². The number of aliphatic hydroxyl groups is 1. The first-order chi connectivity index (χ1) is 31.3. The standard InChI is InChI=1S/C39H50N5O17P3S2/c1-2-3-4-5-16-32(45)31(42-39(49)57-22-30-28-14-8-6-12-26(28)27-13-7-9-15-29(27)30)24-66-65-19-17-35(47)41-18-10-11-25-21-44(38(48)43-37(25)40)36-20-33(46)34(59-36)23-58-63(53,54)61-64(55,56)60-62(50,51)52/h6-9,12-15,21,30-31,33-34,36,46H,2-5,16-20,22-24H2,1H3,(H,41,47)(H,42,49)(H,53,54)(H,55,56)(H2,40,43,48)(H2,50,51,52). The van der Waals surface area contributed by atoms with Crippen molar-refractivity contribution in [1.29, 1.82) is 0 Å². The average Bonchev–Trinajstić information content (AvgIpc) is 3.77. The Labute approximate surface area is 386 Å². The van der Waals surface area contributed by atoms with Gasteiger partial charge < -0.3 is 50.5 Å². The number of amides is 2. The third-order valence-electron chi connectivity index (χ3n) is 9.94. The normalized spacial score (nSPS) is 19.0. The number of nitrogens with two attached hydrogens (primary N) is 1. The Morgan fingerprint density at radius 2 is 1.64 bits per heavy atom. The minimum absolute atomic E-state index is 0.0479. The van der Waals surface area contributed by atoms with Crippen molar-refractivity contribution in [2.75, 3.05) is 37.0 Å². The van der Waals surface area contributed by atoms with Crippen LogP contribution in [-0.4, -0.2) is 102 Å². The maximum Gasteiger partial charge on any atom is 0.490 e. The summed E-state index contributed by atoms with van der Waals surface area (Å²) in [5, 5.41) is 15.9. The first-order valence-electron chi connectivity index (χ1n) is 20.4. The lowest BCUT2D eigenvalue weighted by Gasteiger charge is -2.19. The Morgan fingerprint density at radius 3 is 2.30 bits per heavy atom. The number of anilines is 1. The van der Waals surface area contributed by atoms with E-state index in [-0.39, 0.29) is 60.7 Å². The average molecular weight is 1020 g/mol. The molecule has 27 heteroatoms. The van der Waals surface area contributed by atoms with Crippen LogP contribution in [0.1, 0.15) is 80.7 Å². The highest BCUT2D eigenvalue weighted by atomic mass is 33.1. The molecule has 1 fully saturated rings. The molecule has 1 aliphatic carbocycles. The lowest BCUT2D eigenvalue weighted by molar-refractivity contribution is -0.121. The number of nitrogens with zero attached hydrogens (tertiary/aromatic N) is 2. The van der Waals surface area contributed by atoms with Gasteiger partial charge in [0, 0.05) is 42.9 Å². The van der Waals surface area contributed by atoms with Crippen LogP contribution in [0.5, 0.6) is 0 Å². The zero-order valence-corrected chi connectivity index (χ0v) is 39.6. The number of aromatic nitrogens is 2. The second-order valence-electron chi connectivity index (χ2n) is 14.8. The number of hydrogen-bond donors (Lipinski definition) is 8. The number of phosphoric acid groups is 3. The van der Waals surface area contributed by atoms with Crippen molar-refractivity contribution in [3.05, 3.63) is 81.9 Å². The molecule has 360 valence electrons. The van der Waals surface area contributed by atoms with E-state index in [2.05, 4.69) is 47.5 Å². The Bertz CT molecular complexity index is 2440. The van der Waals surface area contributed by atoms with Crippen LogP contribution in [0.3, 0.4) is 0 Å². The van der Waals surface area contributed by atoms with Crippen molar-refractivity contribution in [1.82, 2.24) is 20.2 Å². The first-order valence-corrected chi connectivity index (χ1v) is 27.4. The molecule has 22 nitrogen and oxygen atoms in total. The van der Waals surface area contributed by atoms with Crippen molar-refractivity contribution in [2.24, 2.45) is 0 Å². The summed E-state index contributed by atoms with van der Waals surface area (Å²) in [5.74, 6) is 5.22. The number of ether oxygens (including phenoxy) is 2. The van der Waals surface area contributed by atoms with Crippen molar-refractivity contribution in [3.8, 4) is 23.0 Å². The molecule has 2 heterocycles. The molecule has 1 aromatic heterocycles. The molecule has 66 heavy (non-hydrogen) atoms. The topological polar surface area (TPSA) is 335 Å². The number of carbonyl (C=O) groups is 3. The lowest BCUT2D eigenvalue weighted by Crippen LogP contribution is -2.43. The van der Waals surface area contributed by atoms with Crippen LogP contribution in [0, 0.1) is 11.8 Å². The van der Waals surface area contributed by atoms with E-state index in [1.54, 1.807) is 0 Å². The highest BCUT2D eigenvalue weighted by Crippen LogP contribution is 2.66. The summed E-state index contributed by atoms with van der Waals surface area (Å²) in [6, 6.07) is 15.2. The summed E-state index contributed by atoms with van der Waals surface area (Å²) >= 11 is 0. The fourth-order valence-corrected chi connectivity index (χ4v) is 12.1. The first kappa shape index (κ1) is 53.1. The maximum absolute atomic E-state index is 13.2. The number of alkyl carbamates (subject to hydrolysis) is 1. The second-order valence-corrected chi connectivity index (χ2v) is 21.8. The van der Waals surface area contributed by atoms with Crippen LogP contribution < -0.4 is 22.1 Å². The van der Waals surface area contributed by atoms with Crippen molar-refractivity contribution < 1.29 is 75.4 Å². The Balaban J connectivity index is 1.06. The molecule has 1 saturated heterocycles. The number of benzene rings is 2. The van der Waals surface area contributed by atoms with Gasteiger partial charge in [-0.25, -0.2) is 23.3 Å². The van der Waals surface area contributed by atoms with Crippen LogP contribution in [0.25, 0.3) is 11.1 Å². The minimum Gasteiger partial charge on any atom is -0.449 e. The molecule has 0 spiro atoms. The van der Waals surface area contributed by atoms with Gasteiger partial charge in [0.25, 0.3) is 0 Å². The van der Waals surface area contributed by atoms with Gasteiger partial charge in [0.2, 0.25) is 5.91 Å². The van der Waals surface area contributed by atoms with Crippen LogP contribution in [-0.2, 0) is 45.9 Å². The number of unbranched alkanes of at least 4 members (excludes halogenated alkanes) is 3. The molecule has 9 N–H and O–H groups in total. The maximum atomic E-state index is 13.2. The summed E-state index contributed by atoms with van der Waals surface area (Å²) in [5.41, 5.74) is 9.37. The number of rotatable bonds is 24. The number of carbonyl (C=O) groups excluding carboxylic acids is 3. The van der Waals surface area contributed by atoms with Gasteiger partial charge in [-0.3, -0.25) is 18.7 Å². The third-order valence-corrected chi connectivity index (χ3v) is 16.2. The lowest BCUT2D eigenvalue weighted by atomic mass is 9.98. The fourth-order valence-electron chi connectivity index (χ4n) is 6.87. The zero-order valence-electron chi connectivity index (χ0n) is 35.3. The second kappa shape index (κ2) is 24.4. The van der Waals surface area contributed by atoms with Gasteiger partial charge in [0.05, 0.1) is 24.8 Å². The zero-order chi connectivity index (χ0) is 48.1. The van der Waals surface area contributed by atoms with E-state index in [4.69, 9.17) is 25.0 Å². The molecule has 2 amide bonds. The van der Waals surface area contributed by atoms with E-state index in [9.17, 15) is 47.8 Å². The molecule has 0 saturated carbocycles. The van der Waals surface area contributed by atoms with Gasteiger partial charge in [0.15, 0.2) is 5.78 Å². The summed E-state index contributed by atoms with van der Waals surface area (Å²) in [7, 11) is -14.2. The highest BCUT2D eigenvalue weighted by molar-refractivity contribution is 8.76. The van der Waals surface area contributed by atoms with Crippen LogP contribution >= 0.6 is 45.1 Å². The molecular formula is C39H50N5O17P3S2. The van der Waals surface area contributed by atoms with Crippen molar-refractivity contribution in [3.63, 3.8) is 0 Å². The monoisotopic (exact) mass is 1020 g/mol. The van der Waals surface area contributed by atoms with Crippen molar-refractivity contribution in [2.45, 2.75) is 82.3 Å². The summed E-state index contributed by atoms with van der Waals surface area (Å²) in [6.07, 6.45) is 0.205.